The molecule has 0 amide bonds. The molecule has 21 heavy (non-hydrogen) atoms. The molecule has 112 valence electrons. The van der Waals surface area contributed by atoms with Crippen molar-refractivity contribution in [1.82, 2.24) is 19.3 Å². The lowest BCUT2D eigenvalue weighted by Gasteiger charge is -2.07. The second-order valence-corrected chi connectivity index (χ2v) is 6.54. The standard InChI is InChI=1S/C15H19ClN4S/c1-4-5-11-14-15(19(3)18-11)20(13(8-16)17-14)9-12-10(2)6-7-21-12/h6-7H,4-5,8-9H2,1-3H3. The summed E-state index contributed by atoms with van der Waals surface area (Å²) in [6, 6.07) is 2.15. The van der Waals surface area contributed by atoms with Crippen LogP contribution in [0.4, 0.5) is 0 Å². The van der Waals surface area contributed by atoms with E-state index in [2.05, 4.69) is 35.0 Å². The summed E-state index contributed by atoms with van der Waals surface area (Å²) in [6.07, 6.45) is 2.02. The highest BCUT2D eigenvalue weighted by atomic mass is 35.5. The number of rotatable bonds is 5. The first-order chi connectivity index (χ1) is 10.2. The molecule has 0 saturated carbocycles. The van der Waals surface area contributed by atoms with Crippen LogP contribution in [0.5, 0.6) is 0 Å². The summed E-state index contributed by atoms with van der Waals surface area (Å²) in [5, 5.41) is 6.75. The van der Waals surface area contributed by atoms with Crippen LogP contribution < -0.4 is 0 Å². The van der Waals surface area contributed by atoms with E-state index in [1.807, 2.05) is 11.7 Å². The van der Waals surface area contributed by atoms with Crippen LogP contribution in [0.15, 0.2) is 11.4 Å². The van der Waals surface area contributed by atoms with Gasteiger partial charge in [-0.3, -0.25) is 4.68 Å². The van der Waals surface area contributed by atoms with E-state index in [0.29, 0.717) is 5.88 Å². The second-order valence-electron chi connectivity index (χ2n) is 5.27. The van der Waals surface area contributed by atoms with E-state index < -0.39 is 0 Å². The number of aryl methyl sites for hydroxylation is 3. The average molecular weight is 323 g/mol. The largest absolute Gasteiger partial charge is 0.307 e. The molecule has 0 aliphatic heterocycles. The van der Waals surface area contributed by atoms with Gasteiger partial charge in [-0.1, -0.05) is 13.3 Å². The van der Waals surface area contributed by atoms with Gasteiger partial charge in [0, 0.05) is 11.9 Å². The maximum Gasteiger partial charge on any atom is 0.159 e. The highest BCUT2D eigenvalue weighted by Crippen LogP contribution is 2.25. The van der Waals surface area contributed by atoms with E-state index in [1.165, 1.54) is 10.4 Å². The van der Waals surface area contributed by atoms with Gasteiger partial charge >= 0.3 is 0 Å². The molecule has 3 aromatic heterocycles. The number of aromatic nitrogens is 4. The third-order valence-corrected chi connectivity index (χ3v) is 4.99. The Bertz CT molecular complexity index is 768. The van der Waals surface area contributed by atoms with Crippen LogP contribution in [0.1, 0.15) is 35.3 Å². The van der Waals surface area contributed by atoms with Crippen molar-refractivity contribution < 1.29 is 0 Å². The lowest BCUT2D eigenvalue weighted by atomic mass is 10.2. The zero-order chi connectivity index (χ0) is 15.0. The molecular formula is C15H19ClN4S. The number of imidazole rings is 1. The van der Waals surface area contributed by atoms with E-state index in [9.17, 15) is 0 Å². The topological polar surface area (TPSA) is 35.6 Å². The van der Waals surface area contributed by atoms with Gasteiger partial charge < -0.3 is 4.57 Å². The minimum Gasteiger partial charge on any atom is -0.307 e. The molecule has 6 heteroatoms. The van der Waals surface area contributed by atoms with Crippen molar-refractivity contribution in [3.63, 3.8) is 0 Å². The zero-order valence-electron chi connectivity index (χ0n) is 12.6. The molecule has 0 aliphatic carbocycles. The van der Waals surface area contributed by atoms with Crippen molar-refractivity contribution in [2.45, 2.75) is 39.1 Å². The Balaban J connectivity index is 2.14. The fraction of sp³-hybridized carbons (Fsp3) is 0.467. The Morgan fingerprint density at radius 1 is 1.38 bits per heavy atom. The lowest BCUT2D eigenvalue weighted by molar-refractivity contribution is 0.695. The molecule has 0 fully saturated rings. The monoisotopic (exact) mass is 322 g/mol. The molecule has 4 nitrogen and oxygen atoms in total. The molecule has 0 N–H and O–H groups in total. The van der Waals surface area contributed by atoms with Crippen molar-refractivity contribution >= 4 is 34.1 Å². The first-order valence-electron chi connectivity index (χ1n) is 7.15. The minimum atomic E-state index is 0.421. The summed E-state index contributed by atoms with van der Waals surface area (Å²) in [5.41, 5.74) is 4.47. The Morgan fingerprint density at radius 2 is 2.19 bits per heavy atom. The molecule has 0 unspecified atom stereocenters. The summed E-state index contributed by atoms with van der Waals surface area (Å²) in [5.74, 6) is 1.34. The summed E-state index contributed by atoms with van der Waals surface area (Å²) >= 11 is 7.89. The smallest absolute Gasteiger partial charge is 0.159 e. The van der Waals surface area contributed by atoms with E-state index in [4.69, 9.17) is 16.6 Å². The molecular weight excluding hydrogens is 304 g/mol. The van der Waals surface area contributed by atoms with Gasteiger partial charge in [0.25, 0.3) is 0 Å². The van der Waals surface area contributed by atoms with Crippen molar-refractivity contribution in [3.8, 4) is 0 Å². The van der Waals surface area contributed by atoms with Crippen LogP contribution in [-0.4, -0.2) is 19.3 Å². The van der Waals surface area contributed by atoms with E-state index in [1.54, 1.807) is 11.3 Å². The van der Waals surface area contributed by atoms with Gasteiger partial charge in [-0.2, -0.15) is 5.10 Å². The summed E-state index contributed by atoms with van der Waals surface area (Å²) < 4.78 is 4.14. The van der Waals surface area contributed by atoms with Crippen LogP contribution in [-0.2, 0) is 25.9 Å². The van der Waals surface area contributed by atoms with Gasteiger partial charge in [-0.15, -0.1) is 22.9 Å². The number of halogens is 1. The highest BCUT2D eigenvalue weighted by Gasteiger charge is 2.19. The molecule has 0 aromatic carbocycles. The number of hydrogen-bond donors (Lipinski definition) is 0. The number of alkyl halides is 1. The molecule has 0 spiro atoms. The Morgan fingerprint density at radius 3 is 2.81 bits per heavy atom. The molecule has 3 heterocycles. The predicted molar refractivity (Wildman–Crippen MR) is 88.2 cm³/mol. The van der Waals surface area contributed by atoms with Gasteiger partial charge in [0.2, 0.25) is 0 Å². The van der Waals surface area contributed by atoms with Crippen LogP contribution >= 0.6 is 22.9 Å². The average Bonchev–Trinajstić information content (AvgIpc) is 3.10. The first-order valence-corrected chi connectivity index (χ1v) is 8.57. The Labute approximate surface area is 133 Å². The number of thiophene rings is 1. The SMILES string of the molecule is CCCc1nn(C)c2c1nc(CCl)n2Cc1sccc1C. The first kappa shape index (κ1) is 14.6. The van der Waals surface area contributed by atoms with Crippen LogP contribution in [0.25, 0.3) is 11.2 Å². The van der Waals surface area contributed by atoms with E-state index in [0.717, 1.165) is 42.1 Å². The molecule has 0 saturated heterocycles. The molecule has 3 aromatic rings. The van der Waals surface area contributed by atoms with Crippen LogP contribution in [0, 0.1) is 6.92 Å². The summed E-state index contributed by atoms with van der Waals surface area (Å²) in [6.45, 7) is 5.12. The van der Waals surface area contributed by atoms with Gasteiger partial charge in [0.15, 0.2) is 5.65 Å². The summed E-state index contributed by atoms with van der Waals surface area (Å²) in [4.78, 5) is 6.08. The molecule has 0 bridgehead atoms. The fourth-order valence-electron chi connectivity index (χ4n) is 2.67. The molecule has 0 aliphatic rings. The lowest BCUT2D eigenvalue weighted by Crippen LogP contribution is -2.07. The molecule has 3 rings (SSSR count). The van der Waals surface area contributed by atoms with Crippen molar-refractivity contribution in [1.29, 1.82) is 0 Å². The van der Waals surface area contributed by atoms with E-state index in [-0.39, 0.29) is 0 Å². The second kappa shape index (κ2) is 5.81. The maximum atomic E-state index is 6.11. The van der Waals surface area contributed by atoms with Crippen LogP contribution in [0.3, 0.4) is 0 Å². The van der Waals surface area contributed by atoms with Crippen molar-refractivity contribution in [2.75, 3.05) is 0 Å². The number of fused-ring (bicyclic) bond motifs is 1. The Kier molecular flexibility index (Phi) is 4.04. The highest BCUT2D eigenvalue weighted by molar-refractivity contribution is 7.10. The molecule has 0 radical (unpaired) electrons. The van der Waals surface area contributed by atoms with Gasteiger partial charge in [-0.05, 0) is 30.4 Å². The predicted octanol–water partition coefficient (Wildman–Crippen LogP) is 3.88. The van der Waals surface area contributed by atoms with Crippen molar-refractivity contribution in [2.24, 2.45) is 7.05 Å². The molecule has 0 atom stereocenters. The van der Waals surface area contributed by atoms with Gasteiger partial charge in [0.05, 0.1) is 18.1 Å². The maximum absolute atomic E-state index is 6.11. The quantitative estimate of drug-likeness (QED) is 0.668. The van der Waals surface area contributed by atoms with Gasteiger partial charge in [-0.25, -0.2) is 4.98 Å². The minimum absolute atomic E-state index is 0.421. The number of nitrogens with zero attached hydrogens (tertiary/aromatic N) is 4. The normalized spacial score (nSPS) is 11.6. The van der Waals surface area contributed by atoms with Gasteiger partial charge in [0.1, 0.15) is 11.3 Å². The third-order valence-electron chi connectivity index (χ3n) is 3.75. The zero-order valence-corrected chi connectivity index (χ0v) is 14.1. The van der Waals surface area contributed by atoms with Crippen molar-refractivity contribution in [3.05, 3.63) is 33.4 Å². The van der Waals surface area contributed by atoms with Crippen LogP contribution in [0.2, 0.25) is 0 Å². The van der Waals surface area contributed by atoms with E-state index >= 15 is 0 Å². The number of hydrogen-bond acceptors (Lipinski definition) is 3. The summed E-state index contributed by atoms with van der Waals surface area (Å²) in [7, 11) is 1.99. The Hall–Kier alpha value is -1.33. The third kappa shape index (κ3) is 2.49. The fourth-order valence-corrected chi connectivity index (χ4v) is 3.77.